The molecule has 1 aromatic heterocycles. The van der Waals surface area contributed by atoms with Crippen molar-refractivity contribution in [2.24, 2.45) is 0 Å². The summed E-state index contributed by atoms with van der Waals surface area (Å²) in [5.74, 6) is -0.968. The average Bonchev–Trinajstić information content (AvgIpc) is 2.87. The van der Waals surface area contributed by atoms with Gasteiger partial charge in [0.05, 0.1) is 7.11 Å². The summed E-state index contributed by atoms with van der Waals surface area (Å²) >= 11 is 0. The van der Waals surface area contributed by atoms with Gasteiger partial charge in [-0.05, 0) is 18.2 Å². The molecular weight excluding hydrogens is 238 g/mol. The zero-order valence-corrected chi connectivity index (χ0v) is 9.41. The summed E-state index contributed by atoms with van der Waals surface area (Å²) in [7, 11) is 1.49. The summed E-state index contributed by atoms with van der Waals surface area (Å²) in [6.07, 6.45) is 0.657. The van der Waals surface area contributed by atoms with Gasteiger partial charge >= 0.3 is 5.97 Å². The van der Waals surface area contributed by atoms with Crippen molar-refractivity contribution in [3.8, 4) is 17.0 Å². The molecule has 0 radical (unpaired) electrons. The van der Waals surface area contributed by atoms with Crippen LogP contribution in [0.2, 0.25) is 0 Å². The normalized spacial score (nSPS) is 10.1. The zero-order chi connectivity index (χ0) is 13.1. The number of carbonyl (C=O) groups excluding carboxylic acids is 1. The van der Waals surface area contributed by atoms with Gasteiger partial charge in [-0.15, -0.1) is 0 Å². The molecule has 0 saturated carbocycles. The van der Waals surface area contributed by atoms with Gasteiger partial charge in [0.2, 0.25) is 5.76 Å². The van der Waals surface area contributed by atoms with Crippen LogP contribution < -0.4 is 4.74 Å². The number of ether oxygens (including phenoxy) is 1. The fourth-order valence-electron chi connectivity index (χ4n) is 1.49. The minimum atomic E-state index is -1.22. The minimum Gasteiger partial charge on any atom is -0.497 e. The molecule has 2 rings (SSSR count). The van der Waals surface area contributed by atoms with Gasteiger partial charge < -0.3 is 14.4 Å². The molecule has 1 aromatic carbocycles. The highest BCUT2D eigenvalue weighted by Gasteiger charge is 2.15. The highest BCUT2D eigenvalue weighted by Crippen LogP contribution is 2.26. The van der Waals surface area contributed by atoms with Gasteiger partial charge in [-0.25, -0.2) is 4.79 Å². The van der Waals surface area contributed by atoms with E-state index in [0.717, 1.165) is 0 Å². The Hall–Kier alpha value is -2.63. The first-order valence-corrected chi connectivity index (χ1v) is 4.99. The molecule has 0 unspecified atom stereocenters. The van der Waals surface area contributed by atoms with E-state index in [1.54, 1.807) is 18.2 Å². The van der Waals surface area contributed by atoms with Gasteiger partial charge in [0, 0.05) is 17.2 Å². The molecule has 0 atom stereocenters. The summed E-state index contributed by atoms with van der Waals surface area (Å²) in [6.45, 7) is 0. The highest BCUT2D eigenvalue weighted by atomic mass is 16.5. The van der Waals surface area contributed by atoms with E-state index < -0.39 is 5.97 Å². The van der Waals surface area contributed by atoms with E-state index in [1.807, 2.05) is 0 Å². The van der Waals surface area contributed by atoms with Crippen molar-refractivity contribution in [1.29, 1.82) is 0 Å². The van der Waals surface area contributed by atoms with Crippen molar-refractivity contribution in [2.45, 2.75) is 0 Å². The van der Waals surface area contributed by atoms with E-state index in [2.05, 4.69) is 9.68 Å². The first-order chi connectivity index (χ1) is 8.65. The lowest BCUT2D eigenvalue weighted by Crippen LogP contribution is -1.92. The quantitative estimate of drug-likeness (QED) is 0.829. The number of carbonyl (C=O) groups is 2. The lowest BCUT2D eigenvalue weighted by molar-refractivity contribution is 0.0652. The van der Waals surface area contributed by atoms with Gasteiger partial charge in [-0.1, -0.05) is 5.16 Å². The maximum absolute atomic E-state index is 10.9. The molecule has 0 aliphatic rings. The minimum absolute atomic E-state index is 0.272. The average molecular weight is 247 g/mol. The first kappa shape index (κ1) is 11.8. The number of carboxylic acids is 1. The van der Waals surface area contributed by atoms with Gasteiger partial charge in [0.25, 0.3) is 0 Å². The van der Waals surface area contributed by atoms with Crippen molar-refractivity contribution >= 4 is 12.3 Å². The second kappa shape index (κ2) is 4.70. The first-order valence-electron chi connectivity index (χ1n) is 4.99. The van der Waals surface area contributed by atoms with E-state index in [-0.39, 0.29) is 11.5 Å². The molecule has 0 fully saturated rings. The Morgan fingerprint density at radius 3 is 2.78 bits per heavy atom. The van der Waals surface area contributed by atoms with Crippen LogP contribution in [-0.2, 0) is 0 Å². The molecule has 1 heterocycles. The number of rotatable bonds is 4. The Labute approximate surface area is 102 Å². The third-order valence-electron chi connectivity index (χ3n) is 2.38. The summed E-state index contributed by atoms with van der Waals surface area (Å²) < 4.78 is 9.69. The predicted octanol–water partition coefficient (Wildman–Crippen LogP) is 1.86. The summed E-state index contributed by atoms with van der Waals surface area (Å²) in [5, 5.41) is 12.4. The Bertz CT molecular complexity index is 602. The second-order valence-corrected chi connectivity index (χ2v) is 3.45. The van der Waals surface area contributed by atoms with Crippen LogP contribution in [0.15, 0.2) is 28.8 Å². The van der Waals surface area contributed by atoms with Gasteiger partial charge in [-0.2, -0.15) is 0 Å². The Morgan fingerprint density at radius 1 is 1.44 bits per heavy atom. The lowest BCUT2D eigenvalue weighted by Gasteiger charge is -2.04. The summed E-state index contributed by atoms with van der Waals surface area (Å²) in [4.78, 5) is 21.6. The Morgan fingerprint density at radius 2 is 2.22 bits per heavy atom. The summed E-state index contributed by atoms with van der Waals surface area (Å²) in [5.41, 5.74) is 1.11. The number of hydrogen-bond donors (Lipinski definition) is 1. The zero-order valence-electron chi connectivity index (χ0n) is 9.41. The lowest BCUT2D eigenvalue weighted by atomic mass is 10.0. The number of nitrogens with zero attached hydrogens (tertiary/aromatic N) is 1. The van der Waals surface area contributed by atoms with Crippen molar-refractivity contribution in [2.75, 3.05) is 7.11 Å². The van der Waals surface area contributed by atoms with Crippen LogP contribution in [0.25, 0.3) is 11.3 Å². The molecule has 0 aliphatic heterocycles. The molecule has 0 aliphatic carbocycles. The Balaban J connectivity index is 2.53. The molecule has 2 aromatic rings. The van der Waals surface area contributed by atoms with Crippen molar-refractivity contribution in [1.82, 2.24) is 5.16 Å². The standard InChI is InChI=1S/C12H9NO5/c1-17-8-3-2-7(6-14)9(4-8)10-5-11(12(15)16)18-13-10/h2-6H,1H3,(H,15,16). The fourth-order valence-corrected chi connectivity index (χ4v) is 1.49. The molecule has 1 N–H and O–H groups in total. The molecule has 0 spiro atoms. The van der Waals surface area contributed by atoms with E-state index in [4.69, 9.17) is 9.84 Å². The van der Waals surface area contributed by atoms with Crippen LogP contribution in [0.1, 0.15) is 20.9 Å². The van der Waals surface area contributed by atoms with Gasteiger partial charge in [0.15, 0.2) is 6.29 Å². The molecule has 0 bridgehead atoms. The highest BCUT2D eigenvalue weighted by molar-refractivity contribution is 5.90. The largest absolute Gasteiger partial charge is 0.497 e. The van der Waals surface area contributed by atoms with Crippen LogP contribution in [0.4, 0.5) is 0 Å². The van der Waals surface area contributed by atoms with E-state index in [9.17, 15) is 9.59 Å². The number of aromatic carboxylic acids is 1. The summed E-state index contributed by atoms with van der Waals surface area (Å²) in [6, 6.07) is 6.04. The van der Waals surface area contributed by atoms with E-state index in [0.29, 0.717) is 23.2 Å². The predicted molar refractivity (Wildman–Crippen MR) is 60.8 cm³/mol. The fraction of sp³-hybridized carbons (Fsp3) is 0.0833. The van der Waals surface area contributed by atoms with E-state index in [1.165, 1.54) is 13.2 Å². The van der Waals surface area contributed by atoms with Crippen LogP contribution in [-0.4, -0.2) is 29.6 Å². The molecule has 18 heavy (non-hydrogen) atoms. The number of carboxylic acid groups (broad SMARTS) is 1. The van der Waals surface area contributed by atoms with Crippen LogP contribution >= 0.6 is 0 Å². The Kier molecular flexibility index (Phi) is 3.09. The number of benzene rings is 1. The maximum atomic E-state index is 10.9. The van der Waals surface area contributed by atoms with Gasteiger partial charge in [0.1, 0.15) is 11.4 Å². The van der Waals surface area contributed by atoms with Gasteiger partial charge in [-0.3, -0.25) is 4.79 Å². The van der Waals surface area contributed by atoms with Crippen LogP contribution in [0.5, 0.6) is 5.75 Å². The topological polar surface area (TPSA) is 89.6 Å². The molecule has 0 amide bonds. The molecular formula is C12H9NO5. The molecule has 0 saturated heterocycles. The van der Waals surface area contributed by atoms with E-state index >= 15 is 0 Å². The number of aldehydes is 1. The van der Waals surface area contributed by atoms with Crippen molar-refractivity contribution in [3.05, 3.63) is 35.6 Å². The second-order valence-electron chi connectivity index (χ2n) is 3.45. The molecule has 92 valence electrons. The third-order valence-corrected chi connectivity index (χ3v) is 2.38. The van der Waals surface area contributed by atoms with Crippen molar-refractivity contribution < 1.29 is 24.0 Å². The third kappa shape index (κ3) is 2.08. The smallest absolute Gasteiger partial charge is 0.374 e. The monoisotopic (exact) mass is 247 g/mol. The van der Waals surface area contributed by atoms with Crippen LogP contribution in [0.3, 0.4) is 0 Å². The van der Waals surface area contributed by atoms with Crippen molar-refractivity contribution in [3.63, 3.8) is 0 Å². The maximum Gasteiger partial charge on any atom is 0.374 e. The number of hydrogen-bond acceptors (Lipinski definition) is 5. The number of aromatic nitrogens is 1. The van der Waals surface area contributed by atoms with Crippen LogP contribution in [0, 0.1) is 0 Å². The number of methoxy groups -OCH3 is 1. The SMILES string of the molecule is COc1ccc(C=O)c(-c2cc(C(=O)O)on2)c1. The molecule has 6 nitrogen and oxygen atoms in total. The molecule has 6 heteroatoms.